The Morgan fingerprint density at radius 3 is 2.58 bits per heavy atom. The molecule has 0 spiro atoms. The summed E-state index contributed by atoms with van der Waals surface area (Å²) < 4.78 is 26.8. The van der Waals surface area contributed by atoms with Crippen molar-refractivity contribution in [2.75, 3.05) is 0 Å². The highest BCUT2D eigenvalue weighted by atomic mass is 32.2. The van der Waals surface area contributed by atoms with Gasteiger partial charge in [0, 0.05) is 12.4 Å². The van der Waals surface area contributed by atoms with Crippen LogP contribution in [-0.4, -0.2) is 23.5 Å². The fraction of sp³-hybridized carbons (Fsp3) is 0.250. The molecule has 2 rings (SSSR count). The average molecular weight is 281 g/mol. The number of benzene rings is 1. The van der Waals surface area contributed by atoms with Gasteiger partial charge in [0.15, 0.2) is 0 Å². The molecule has 2 aromatic rings. The normalized spacial score (nSPS) is 13.4. The third kappa shape index (κ3) is 3.19. The van der Waals surface area contributed by atoms with Crippen molar-refractivity contribution >= 4 is 10.0 Å². The fourth-order valence-electron chi connectivity index (χ4n) is 1.64. The summed E-state index contributed by atoms with van der Waals surface area (Å²) >= 11 is 0. The Morgan fingerprint density at radius 1 is 1.37 bits per heavy atom. The molecule has 0 saturated heterocycles. The summed E-state index contributed by atoms with van der Waals surface area (Å²) in [6.45, 7) is 1.59. The maximum absolute atomic E-state index is 12.1. The van der Waals surface area contributed by atoms with Crippen LogP contribution in [0, 0.1) is 0 Å². The maximum Gasteiger partial charge on any atom is 0.241 e. The van der Waals surface area contributed by atoms with Gasteiger partial charge in [-0.1, -0.05) is 12.1 Å². The number of imidazole rings is 1. The van der Waals surface area contributed by atoms with E-state index < -0.39 is 16.1 Å². The van der Waals surface area contributed by atoms with Gasteiger partial charge in [-0.25, -0.2) is 18.1 Å². The number of sulfonamides is 1. The van der Waals surface area contributed by atoms with Gasteiger partial charge in [0.25, 0.3) is 0 Å². The topological polar surface area (TPSA) is 95.1 Å². The van der Waals surface area contributed by atoms with Crippen molar-refractivity contribution in [3.8, 4) is 0 Å². The molecular weight excluding hydrogens is 266 g/mol. The van der Waals surface area contributed by atoms with Crippen molar-refractivity contribution in [3.63, 3.8) is 0 Å². The lowest BCUT2D eigenvalue weighted by Gasteiger charge is -2.12. The lowest BCUT2D eigenvalue weighted by atomic mass is 10.2. The zero-order chi connectivity index (χ0) is 13.9. The molecule has 0 radical (unpaired) electrons. The number of rotatable bonds is 5. The quantitative estimate of drug-likeness (QED) is 0.760. The Balaban J connectivity index is 2.17. The van der Waals surface area contributed by atoms with Gasteiger partial charge in [-0.2, -0.15) is 0 Å². The number of aromatic amines is 1. The smallest absolute Gasteiger partial charge is 0.241 e. The molecule has 0 amide bonds. The Hall–Kier alpha value is -1.70. The molecule has 3 N–H and O–H groups in total. The predicted molar refractivity (Wildman–Crippen MR) is 69.7 cm³/mol. The van der Waals surface area contributed by atoms with Crippen LogP contribution < -0.4 is 4.72 Å². The van der Waals surface area contributed by atoms with E-state index in [1.165, 1.54) is 12.1 Å². The first kappa shape index (κ1) is 13.7. The van der Waals surface area contributed by atoms with E-state index in [4.69, 9.17) is 5.11 Å². The summed E-state index contributed by atoms with van der Waals surface area (Å²) in [5, 5.41) is 8.92. The van der Waals surface area contributed by atoms with Crippen LogP contribution in [0.4, 0.5) is 0 Å². The molecule has 1 aromatic carbocycles. The molecule has 0 aliphatic rings. The van der Waals surface area contributed by atoms with Gasteiger partial charge in [0.2, 0.25) is 10.0 Å². The first-order chi connectivity index (χ1) is 9.03. The Labute approximate surface area is 111 Å². The van der Waals surface area contributed by atoms with E-state index in [0.717, 1.165) is 0 Å². The fourth-order valence-corrected chi connectivity index (χ4v) is 2.85. The van der Waals surface area contributed by atoms with E-state index in [1.54, 1.807) is 31.5 Å². The van der Waals surface area contributed by atoms with E-state index in [1.807, 2.05) is 0 Å². The summed E-state index contributed by atoms with van der Waals surface area (Å²) in [7, 11) is -3.60. The number of hydrogen-bond acceptors (Lipinski definition) is 4. The van der Waals surface area contributed by atoms with Crippen molar-refractivity contribution in [3.05, 3.63) is 48.0 Å². The first-order valence-corrected chi connectivity index (χ1v) is 7.22. The summed E-state index contributed by atoms with van der Waals surface area (Å²) in [5.74, 6) is 0.551. The summed E-state index contributed by atoms with van der Waals surface area (Å²) in [5.41, 5.74) is 0.665. The number of nitrogens with zero attached hydrogens (tertiary/aromatic N) is 1. The number of H-pyrrole nitrogens is 1. The molecule has 0 aliphatic heterocycles. The maximum atomic E-state index is 12.1. The van der Waals surface area contributed by atoms with E-state index in [2.05, 4.69) is 14.7 Å². The average Bonchev–Trinajstić information content (AvgIpc) is 2.92. The number of aliphatic hydroxyl groups excluding tert-OH is 1. The summed E-state index contributed by atoms with van der Waals surface area (Å²) in [6, 6.07) is 5.63. The standard InChI is InChI=1S/C12H15N3O3S/c1-9(12-13-6-7-14-12)15-19(17,18)11-4-2-10(8-16)3-5-11/h2-7,9,15-16H,8H2,1H3,(H,13,14). The second kappa shape index (κ2) is 5.52. The van der Waals surface area contributed by atoms with Crippen LogP contribution in [0.1, 0.15) is 24.4 Å². The number of aliphatic hydroxyl groups is 1. The SMILES string of the molecule is CC(NS(=O)(=O)c1ccc(CO)cc1)c1ncc[nH]1. The molecule has 19 heavy (non-hydrogen) atoms. The minimum absolute atomic E-state index is 0.115. The van der Waals surface area contributed by atoms with Gasteiger partial charge < -0.3 is 10.1 Å². The molecule has 1 heterocycles. The monoisotopic (exact) mass is 281 g/mol. The van der Waals surface area contributed by atoms with Crippen molar-refractivity contribution in [2.24, 2.45) is 0 Å². The van der Waals surface area contributed by atoms with Gasteiger partial charge in [0.05, 0.1) is 17.5 Å². The van der Waals surface area contributed by atoms with E-state index in [0.29, 0.717) is 11.4 Å². The third-order valence-electron chi connectivity index (χ3n) is 2.68. The van der Waals surface area contributed by atoms with Gasteiger partial charge in [0.1, 0.15) is 5.82 Å². The second-order valence-electron chi connectivity index (χ2n) is 4.12. The van der Waals surface area contributed by atoms with Gasteiger partial charge in [-0.15, -0.1) is 0 Å². The summed E-state index contributed by atoms with van der Waals surface area (Å²) in [4.78, 5) is 7.02. The lowest BCUT2D eigenvalue weighted by Crippen LogP contribution is -2.27. The first-order valence-electron chi connectivity index (χ1n) is 5.74. The van der Waals surface area contributed by atoms with Crippen molar-refractivity contribution < 1.29 is 13.5 Å². The molecule has 6 nitrogen and oxygen atoms in total. The molecule has 1 atom stereocenters. The highest BCUT2D eigenvalue weighted by Gasteiger charge is 2.19. The summed E-state index contributed by atoms with van der Waals surface area (Å²) in [6.07, 6.45) is 3.20. The van der Waals surface area contributed by atoms with Crippen molar-refractivity contribution in [1.29, 1.82) is 0 Å². The second-order valence-corrected chi connectivity index (χ2v) is 5.83. The van der Waals surface area contributed by atoms with E-state index in [-0.39, 0.29) is 11.5 Å². The zero-order valence-corrected chi connectivity index (χ0v) is 11.2. The molecule has 0 aliphatic carbocycles. The number of hydrogen-bond donors (Lipinski definition) is 3. The highest BCUT2D eigenvalue weighted by molar-refractivity contribution is 7.89. The molecule has 102 valence electrons. The molecule has 0 fully saturated rings. The number of aromatic nitrogens is 2. The van der Waals surface area contributed by atoms with Crippen molar-refractivity contribution in [1.82, 2.24) is 14.7 Å². The third-order valence-corrected chi connectivity index (χ3v) is 4.23. The molecule has 0 saturated carbocycles. The van der Waals surface area contributed by atoms with Gasteiger partial charge in [-0.05, 0) is 24.6 Å². The minimum atomic E-state index is -3.60. The highest BCUT2D eigenvalue weighted by Crippen LogP contribution is 2.15. The predicted octanol–water partition coefficient (Wildman–Crippen LogP) is 0.941. The zero-order valence-electron chi connectivity index (χ0n) is 10.4. The molecule has 7 heteroatoms. The van der Waals surface area contributed by atoms with Gasteiger partial charge >= 0.3 is 0 Å². The molecule has 0 bridgehead atoms. The Kier molecular flexibility index (Phi) is 3.98. The van der Waals surface area contributed by atoms with Crippen LogP contribution in [0.25, 0.3) is 0 Å². The number of nitrogens with one attached hydrogen (secondary N) is 2. The Morgan fingerprint density at radius 2 is 2.05 bits per heavy atom. The Bertz CT molecular complexity index is 621. The van der Waals surface area contributed by atoms with E-state index >= 15 is 0 Å². The molecule has 1 aromatic heterocycles. The largest absolute Gasteiger partial charge is 0.392 e. The van der Waals surface area contributed by atoms with Crippen LogP contribution in [0.3, 0.4) is 0 Å². The van der Waals surface area contributed by atoms with Crippen LogP contribution in [0.15, 0.2) is 41.6 Å². The molecular formula is C12H15N3O3S. The van der Waals surface area contributed by atoms with Crippen LogP contribution in [0.5, 0.6) is 0 Å². The molecule has 1 unspecified atom stereocenters. The van der Waals surface area contributed by atoms with Crippen molar-refractivity contribution in [2.45, 2.75) is 24.5 Å². The minimum Gasteiger partial charge on any atom is -0.392 e. The lowest BCUT2D eigenvalue weighted by molar-refractivity contribution is 0.282. The van der Waals surface area contributed by atoms with Crippen LogP contribution >= 0.6 is 0 Å². The van der Waals surface area contributed by atoms with E-state index in [9.17, 15) is 8.42 Å². The van der Waals surface area contributed by atoms with Crippen LogP contribution in [0.2, 0.25) is 0 Å². The van der Waals surface area contributed by atoms with Gasteiger partial charge in [-0.3, -0.25) is 0 Å². The van der Waals surface area contributed by atoms with Crippen LogP contribution in [-0.2, 0) is 16.6 Å².